The summed E-state index contributed by atoms with van der Waals surface area (Å²) in [5, 5.41) is 0. The summed E-state index contributed by atoms with van der Waals surface area (Å²) in [7, 11) is 0. The van der Waals surface area contributed by atoms with E-state index in [1.165, 1.54) is 22.3 Å². The molecule has 9 aromatic carbocycles. The van der Waals surface area contributed by atoms with Gasteiger partial charge < -0.3 is 0 Å². The van der Waals surface area contributed by atoms with Crippen molar-refractivity contribution in [1.82, 2.24) is 15.0 Å². The highest BCUT2D eigenvalue weighted by Crippen LogP contribution is 2.39. The maximum Gasteiger partial charge on any atom is 0.164 e. The summed E-state index contributed by atoms with van der Waals surface area (Å²) >= 11 is 0. The first-order valence-electron chi connectivity index (χ1n) is 20.3. The van der Waals surface area contributed by atoms with Crippen molar-refractivity contribution in [3.63, 3.8) is 0 Å². The third-order valence-corrected chi connectivity index (χ3v) is 10.9. The maximum absolute atomic E-state index is 5.17. The molecule has 0 radical (unpaired) electrons. The molecule has 3 nitrogen and oxygen atoms in total. The summed E-state index contributed by atoms with van der Waals surface area (Å²) in [6, 6.07) is 83.2. The Morgan fingerprint density at radius 2 is 0.483 bits per heavy atom. The molecule has 0 fully saturated rings. The van der Waals surface area contributed by atoms with E-state index in [1.807, 2.05) is 36.4 Å². The first-order valence-corrected chi connectivity index (χ1v) is 20.3. The van der Waals surface area contributed by atoms with E-state index in [1.54, 1.807) is 0 Å². The molecule has 0 saturated carbocycles. The molecule has 0 bridgehead atoms. The van der Waals surface area contributed by atoms with Crippen molar-refractivity contribution in [2.75, 3.05) is 0 Å². The van der Waals surface area contributed by atoms with Crippen LogP contribution < -0.4 is 0 Å². The summed E-state index contributed by atoms with van der Waals surface area (Å²) in [5.41, 5.74) is 16.6. The van der Waals surface area contributed by atoms with Crippen LogP contribution in [0, 0.1) is 0 Å². The van der Waals surface area contributed by atoms with Gasteiger partial charge in [-0.2, -0.15) is 0 Å². The zero-order chi connectivity index (χ0) is 40.1. The van der Waals surface area contributed by atoms with Gasteiger partial charge in [0, 0.05) is 16.7 Å². The van der Waals surface area contributed by atoms with E-state index in [0.717, 1.165) is 61.2 Å². The summed E-state index contributed by atoms with van der Waals surface area (Å²) in [6.07, 6.45) is 0. The minimum Gasteiger partial charge on any atom is -0.208 e. The van der Waals surface area contributed by atoms with Crippen LogP contribution in [0.1, 0.15) is 0 Å². The van der Waals surface area contributed by atoms with Gasteiger partial charge in [0.05, 0.1) is 0 Å². The standard InChI is InChI=1S/C57H39N3/c1-6-18-40(19-7-1)45-28-17-31-48(35-45)56-58-55(44-26-14-5-15-27-44)59-57(60-56)49-32-33-53(54(39-49)43-24-12-4-13-25-43)47-30-16-29-46(34-47)52-37-50(41-20-8-2-9-21-41)36-51(38-52)42-22-10-3-11-23-42/h1-39H. The molecule has 0 saturated heterocycles. The minimum absolute atomic E-state index is 0.618. The molecular weight excluding hydrogens is 727 g/mol. The second-order valence-electron chi connectivity index (χ2n) is 14.9. The lowest BCUT2D eigenvalue weighted by Crippen LogP contribution is -2.00. The molecule has 0 amide bonds. The van der Waals surface area contributed by atoms with Gasteiger partial charge in [-0.15, -0.1) is 0 Å². The van der Waals surface area contributed by atoms with E-state index in [4.69, 9.17) is 15.0 Å². The lowest BCUT2D eigenvalue weighted by atomic mass is 9.89. The fraction of sp³-hybridized carbons (Fsp3) is 0. The molecule has 0 unspecified atom stereocenters. The van der Waals surface area contributed by atoms with Gasteiger partial charge in [-0.05, 0) is 103 Å². The van der Waals surface area contributed by atoms with E-state index in [0.29, 0.717) is 17.5 Å². The molecule has 0 aliphatic rings. The molecule has 10 aromatic rings. The lowest BCUT2D eigenvalue weighted by Gasteiger charge is -2.15. The molecule has 0 spiro atoms. The van der Waals surface area contributed by atoms with Gasteiger partial charge in [0.15, 0.2) is 17.5 Å². The molecule has 282 valence electrons. The Kier molecular flexibility index (Phi) is 9.97. The molecule has 10 rings (SSSR count). The molecule has 1 aromatic heterocycles. The first kappa shape index (κ1) is 36.3. The maximum atomic E-state index is 5.17. The fourth-order valence-electron chi connectivity index (χ4n) is 7.87. The topological polar surface area (TPSA) is 38.7 Å². The van der Waals surface area contributed by atoms with Crippen LogP contribution in [0.3, 0.4) is 0 Å². The molecule has 0 aliphatic heterocycles. The smallest absolute Gasteiger partial charge is 0.164 e. The van der Waals surface area contributed by atoms with Crippen molar-refractivity contribution in [3.05, 3.63) is 237 Å². The Balaban J connectivity index is 1.10. The average molecular weight is 766 g/mol. The lowest BCUT2D eigenvalue weighted by molar-refractivity contribution is 1.07. The average Bonchev–Trinajstić information content (AvgIpc) is 3.35. The number of hydrogen-bond donors (Lipinski definition) is 0. The monoisotopic (exact) mass is 765 g/mol. The highest BCUT2D eigenvalue weighted by atomic mass is 15.0. The molecular formula is C57H39N3. The Labute approximate surface area is 351 Å². The zero-order valence-electron chi connectivity index (χ0n) is 32.9. The third kappa shape index (κ3) is 7.68. The largest absolute Gasteiger partial charge is 0.208 e. The quantitative estimate of drug-likeness (QED) is 0.147. The molecule has 60 heavy (non-hydrogen) atoms. The van der Waals surface area contributed by atoms with Crippen molar-refractivity contribution in [2.45, 2.75) is 0 Å². The summed E-state index contributed by atoms with van der Waals surface area (Å²) in [4.78, 5) is 15.3. The van der Waals surface area contributed by atoms with Gasteiger partial charge in [0.25, 0.3) is 0 Å². The summed E-state index contributed by atoms with van der Waals surface area (Å²) in [6.45, 7) is 0. The molecule has 0 aliphatic carbocycles. The number of benzene rings is 9. The number of hydrogen-bond acceptors (Lipinski definition) is 3. The zero-order valence-corrected chi connectivity index (χ0v) is 32.9. The van der Waals surface area contributed by atoms with E-state index in [9.17, 15) is 0 Å². The fourth-order valence-corrected chi connectivity index (χ4v) is 7.87. The summed E-state index contributed by atoms with van der Waals surface area (Å²) in [5.74, 6) is 1.88. The van der Waals surface area contributed by atoms with Crippen molar-refractivity contribution in [2.24, 2.45) is 0 Å². The SMILES string of the molecule is c1ccc(-c2cc(-c3ccccc3)cc(-c3cccc(-c4ccc(-c5nc(-c6ccccc6)nc(-c6cccc(-c7ccccc7)c6)n5)cc4-c4ccccc4)c3)c2)cc1. The van der Waals surface area contributed by atoms with E-state index >= 15 is 0 Å². The number of aromatic nitrogens is 3. The van der Waals surface area contributed by atoms with Crippen LogP contribution in [0.5, 0.6) is 0 Å². The van der Waals surface area contributed by atoms with Crippen LogP contribution >= 0.6 is 0 Å². The Hall–Kier alpha value is -8.01. The van der Waals surface area contributed by atoms with Gasteiger partial charge in [-0.3, -0.25) is 0 Å². The predicted octanol–water partition coefficient (Wildman–Crippen LogP) is 14.9. The summed E-state index contributed by atoms with van der Waals surface area (Å²) < 4.78 is 0. The Bertz CT molecular complexity index is 3000. The van der Waals surface area contributed by atoms with Crippen LogP contribution in [0.2, 0.25) is 0 Å². The molecule has 0 N–H and O–H groups in total. The van der Waals surface area contributed by atoms with E-state index < -0.39 is 0 Å². The molecule has 0 atom stereocenters. The van der Waals surface area contributed by atoms with Crippen molar-refractivity contribution >= 4 is 0 Å². The van der Waals surface area contributed by atoms with E-state index in [-0.39, 0.29) is 0 Å². The molecule has 3 heteroatoms. The van der Waals surface area contributed by atoms with Gasteiger partial charge in [-0.25, -0.2) is 15.0 Å². The second kappa shape index (κ2) is 16.5. The Morgan fingerprint density at radius 1 is 0.167 bits per heavy atom. The van der Waals surface area contributed by atoms with Gasteiger partial charge in [0.2, 0.25) is 0 Å². The normalized spacial score (nSPS) is 11.0. The number of nitrogens with zero attached hydrogens (tertiary/aromatic N) is 3. The number of rotatable bonds is 9. The van der Waals surface area contributed by atoms with Crippen LogP contribution in [-0.4, -0.2) is 15.0 Å². The minimum atomic E-state index is 0.618. The van der Waals surface area contributed by atoms with Gasteiger partial charge >= 0.3 is 0 Å². The van der Waals surface area contributed by atoms with Gasteiger partial charge in [0.1, 0.15) is 0 Å². The third-order valence-electron chi connectivity index (χ3n) is 10.9. The van der Waals surface area contributed by atoms with Crippen LogP contribution in [0.4, 0.5) is 0 Å². The highest BCUT2D eigenvalue weighted by molar-refractivity contribution is 5.89. The Morgan fingerprint density at radius 3 is 1.00 bits per heavy atom. The van der Waals surface area contributed by atoms with Gasteiger partial charge in [-0.1, -0.05) is 200 Å². The van der Waals surface area contributed by atoms with E-state index in [2.05, 4.69) is 200 Å². The predicted molar refractivity (Wildman–Crippen MR) is 249 cm³/mol. The van der Waals surface area contributed by atoms with Crippen LogP contribution in [0.25, 0.3) is 101 Å². The van der Waals surface area contributed by atoms with Crippen molar-refractivity contribution in [1.29, 1.82) is 0 Å². The van der Waals surface area contributed by atoms with Crippen molar-refractivity contribution < 1.29 is 0 Å². The van der Waals surface area contributed by atoms with Crippen LogP contribution in [0.15, 0.2) is 237 Å². The van der Waals surface area contributed by atoms with Crippen LogP contribution in [-0.2, 0) is 0 Å². The second-order valence-corrected chi connectivity index (χ2v) is 14.9. The molecule has 1 heterocycles. The first-order chi connectivity index (χ1) is 29.7. The highest BCUT2D eigenvalue weighted by Gasteiger charge is 2.17. The van der Waals surface area contributed by atoms with Crippen molar-refractivity contribution in [3.8, 4) is 101 Å².